The molecule has 4 nitrogen and oxygen atoms in total. The zero-order chi connectivity index (χ0) is 17.8. The largest absolute Gasteiger partial charge is 0.497 e. The molecular formula is C20H16BrNO3. The first-order valence-electron chi connectivity index (χ1n) is 7.71. The highest BCUT2D eigenvalue weighted by Crippen LogP contribution is 2.22. The quantitative estimate of drug-likeness (QED) is 0.611. The molecule has 0 bridgehead atoms. The van der Waals surface area contributed by atoms with Crippen LogP contribution in [0, 0.1) is 0 Å². The van der Waals surface area contributed by atoms with Crippen molar-refractivity contribution in [3.63, 3.8) is 0 Å². The fraction of sp³-hybridized carbons (Fsp3) is 0.100. The lowest BCUT2D eigenvalue weighted by Gasteiger charge is -2.13. The number of carbonyl (C=O) groups excluding carboxylic acids is 1. The number of aldehydes is 1. The summed E-state index contributed by atoms with van der Waals surface area (Å²) in [6, 6.07) is 16.8. The summed E-state index contributed by atoms with van der Waals surface area (Å²) in [5.41, 5.74) is 2.50. The predicted molar refractivity (Wildman–Crippen MR) is 101 cm³/mol. The van der Waals surface area contributed by atoms with Gasteiger partial charge in [0.15, 0.2) is 6.29 Å². The Morgan fingerprint density at radius 2 is 1.76 bits per heavy atom. The fourth-order valence-electron chi connectivity index (χ4n) is 2.64. The summed E-state index contributed by atoms with van der Waals surface area (Å²) >= 11 is 3.41. The predicted octanol–water partition coefficient (Wildman–Crippen LogP) is 4.01. The van der Waals surface area contributed by atoms with Crippen molar-refractivity contribution in [2.24, 2.45) is 0 Å². The molecule has 25 heavy (non-hydrogen) atoms. The third kappa shape index (κ3) is 3.56. The molecule has 0 aliphatic rings. The van der Waals surface area contributed by atoms with E-state index in [1.807, 2.05) is 30.3 Å². The maximum absolute atomic E-state index is 13.0. The summed E-state index contributed by atoms with van der Waals surface area (Å²) < 4.78 is 7.19. The Kier molecular flexibility index (Phi) is 5.14. The van der Waals surface area contributed by atoms with E-state index >= 15 is 0 Å². The SMILES string of the molecule is COc1ccc(-n2cc(C=O)c(Br)c(Cc3ccccc3)c2=O)cc1. The Balaban J connectivity index is 2.14. The number of ether oxygens (including phenoxy) is 1. The van der Waals surface area contributed by atoms with Crippen molar-refractivity contribution in [1.82, 2.24) is 4.57 Å². The maximum Gasteiger partial charge on any atom is 0.259 e. The lowest BCUT2D eigenvalue weighted by atomic mass is 10.0. The van der Waals surface area contributed by atoms with Crippen LogP contribution in [0.4, 0.5) is 0 Å². The molecule has 0 fully saturated rings. The molecule has 0 aliphatic carbocycles. The van der Waals surface area contributed by atoms with Gasteiger partial charge in [-0.1, -0.05) is 30.3 Å². The van der Waals surface area contributed by atoms with Crippen LogP contribution in [-0.2, 0) is 6.42 Å². The first-order valence-corrected chi connectivity index (χ1v) is 8.51. The number of nitrogens with zero attached hydrogens (tertiary/aromatic N) is 1. The van der Waals surface area contributed by atoms with E-state index in [1.165, 1.54) is 4.57 Å². The molecular weight excluding hydrogens is 382 g/mol. The van der Waals surface area contributed by atoms with Crippen molar-refractivity contribution < 1.29 is 9.53 Å². The second-order valence-electron chi connectivity index (χ2n) is 5.53. The van der Waals surface area contributed by atoms with Crippen molar-refractivity contribution in [2.75, 3.05) is 7.11 Å². The first-order chi connectivity index (χ1) is 12.1. The van der Waals surface area contributed by atoms with Crippen molar-refractivity contribution >= 4 is 22.2 Å². The average Bonchev–Trinajstić information content (AvgIpc) is 2.66. The van der Waals surface area contributed by atoms with Gasteiger partial charge in [-0.2, -0.15) is 0 Å². The zero-order valence-corrected chi connectivity index (χ0v) is 15.2. The monoisotopic (exact) mass is 397 g/mol. The Bertz CT molecular complexity index is 947. The minimum atomic E-state index is -0.161. The van der Waals surface area contributed by atoms with E-state index in [1.54, 1.807) is 37.6 Å². The number of hydrogen-bond acceptors (Lipinski definition) is 3. The Hall–Kier alpha value is -2.66. The number of halogens is 1. The molecule has 0 N–H and O–H groups in total. The second-order valence-corrected chi connectivity index (χ2v) is 6.32. The maximum atomic E-state index is 13.0. The highest BCUT2D eigenvalue weighted by atomic mass is 79.9. The molecule has 1 aromatic heterocycles. The summed E-state index contributed by atoms with van der Waals surface area (Å²) in [6.07, 6.45) is 2.74. The van der Waals surface area contributed by atoms with Crippen molar-refractivity contribution in [3.05, 3.63) is 92.3 Å². The molecule has 0 saturated heterocycles. The van der Waals surface area contributed by atoms with Crippen molar-refractivity contribution in [1.29, 1.82) is 0 Å². The van der Waals surface area contributed by atoms with E-state index < -0.39 is 0 Å². The van der Waals surface area contributed by atoms with Crippen LogP contribution < -0.4 is 10.3 Å². The Morgan fingerprint density at radius 3 is 2.36 bits per heavy atom. The normalized spacial score (nSPS) is 10.5. The van der Waals surface area contributed by atoms with Gasteiger partial charge < -0.3 is 4.74 Å². The molecule has 0 atom stereocenters. The lowest BCUT2D eigenvalue weighted by molar-refractivity contribution is 0.112. The van der Waals surface area contributed by atoms with E-state index in [-0.39, 0.29) is 5.56 Å². The summed E-state index contributed by atoms with van der Waals surface area (Å²) in [7, 11) is 1.59. The van der Waals surface area contributed by atoms with Crippen LogP contribution in [0.25, 0.3) is 5.69 Å². The van der Waals surface area contributed by atoms with Gasteiger partial charge in [-0.05, 0) is 45.8 Å². The van der Waals surface area contributed by atoms with Crippen LogP contribution in [-0.4, -0.2) is 18.0 Å². The van der Waals surface area contributed by atoms with Gasteiger partial charge in [-0.15, -0.1) is 0 Å². The molecule has 2 aromatic carbocycles. The van der Waals surface area contributed by atoms with E-state index in [9.17, 15) is 9.59 Å². The Morgan fingerprint density at radius 1 is 1.08 bits per heavy atom. The van der Waals surface area contributed by atoms with Crippen LogP contribution >= 0.6 is 15.9 Å². The smallest absolute Gasteiger partial charge is 0.259 e. The van der Waals surface area contributed by atoms with Crippen molar-refractivity contribution in [3.8, 4) is 11.4 Å². The van der Waals surface area contributed by atoms with Gasteiger partial charge in [0.05, 0.1) is 7.11 Å². The molecule has 0 radical (unpaired) electrons. The summed E-state index contributed by atoms with van der Waals surface area (Å²) in [5.74, 6) is 0.703. The number of aromatic nitrogens is 1. The van der Waals surface area contributed by atoms with Crippen LogP contribution in [0.15, 0.2) is 70.1 Å². The fourth-order valence-corrected chi connectivity index (χ4v) is 3.14. The first kappa shape index (κ1) is 17.2. The molecule has 0 aliphatic heterocycles. The van der Waals surface area contributed by atoms with Crippen molar-refractivity contribution in [2.45, 2.75) is 6.42 Å². The minimum absolute atomic E-state index is 0.161. The summed E-state index contributed by atoms with van der Waals surface area (Å²) in [5, 5.41) is 0. The van der Waals surface area contributed by atoms with Gasteiger partial charge in [0, 0.05) is 33.9 Å². The van der Waals surface area contributed by atoms with E-state index in [2.05, 4.69) is 15.9 Å². The lowest BCUT2D eigenvalue weighted by Crippen LogP contribution is -2.24. The summed E-state index contributed by atoms with van der Waals surface area (Å²) in [4.78, 5) is 24.5. The Labute approximate surface area is 153 Å². The number of benzene rings is 2. The molecule has 0 unspecified atom stereocenters. The molecule has 0 amide bonds. The minimum Gasteiger partial charge on any atom is -0.497 e. The van der Waals surface area contributed by atoms with Gasteiger partial charge in [0.2, 0.25) is 0 Å². The third-order valence-electron chi connectivity index (χ3n) is 3.96. The van der Waals surface area contributed by atoms with Crippen LogP contribution in [0.1, 0.15) is 21.5 Å². The zero-order valence-electron chi connectivity index (χ0n) is 13.6. The number of rotatable bonds is 5. The van der Waals surface area contributed by atoms with Gasteiger partial charge in [0.1, 0.15) is 5.75 Å². The molecule has 0 saturated carbocycles. The molecule has 1 heterocycles. The van der Waals surface area contributed by atoms with E-state index in [0.29, 0.717) is 33.5 Å². The van der Waals surface area contributed by atoms with E-state index in [4.69, 9.17) is 4.74 Å². The molecule has 5 heteroatoms. The third-order valence-corrected chi connectivity index (χ3v) is 4.90. The summed E-state index contributed by atoms with van der Waals surface area (Å²) in [6.45, 7) is 0. The number of hydrogen-bond donors (Lipinski definition) is 0. The second kappa shape index (κ2) is 7.49. The highest BCUT2D eigenvalue weighted by molar-refractivity contribution is 9.10. The van der Waals surface area contributed by atoms with Crippen LogP contribution in [0.5, 0.6) is 5.75 Å². The molecule has 3 rings (SSSR count). The van der Waals surface area contributed by atoms with Crippen LogP contribution in [0.2, 0.25) is 0 Å². The molecule has 3 aromatic rings. The average molecular weight is 398 g/mol. The van der Waals surface area contributed by atoms with E-state index in [0.717, 1.165) is 11.8 Å². The number of pyridine rings is 1. The number of carbonyl (C=O) groups is 1. The van der Waals surface area contributed by atoms with Gasteiger partial charge in [-0.3, -0.25) is 14.2 Å². The van der Waals surface area contributed by atoms with Gasteiger partial charge >= 0.3 is 0 Å². The number of methoxy groups -OCH3 is 1. The molecule has 126 valence electrons. The van der Waals surface area contributed by atoms with Gasteiger partial charge in [0.25, 0.3) is 5.56 Å². The molecule has 0 spiro atoms. The standard InChI is InChI=1S/C20H16BrNO3/c1-25-17-9-7-16(8-10-17)22-12-15(13-23)19(21)18(20(22)24)11-14-5-3-2-4-6-14/h2-10,12-13H,11H2,1H3. The topological polar surface area (TPSA) is 48.3 Å². The van der Waals surface area contributed by atoms with Crippen LogP contribution in [0.3, 0.4) is 0 Å². The highest BCUT2D eigenvalue weighted by Gasteiger charge is 2.15. The van der Waals surface area contributed by atoms with Gasteiger partial charge in [-0.25, -0.2) is 0 Å².